The number of rotatable bonds is 3. The first-order chi connectivity index (χ1) is 24.7. The van der Waals surface area contributed by atoms with Crippen LogP contribution in [0.1, 0.15) is 131 Å². The Hall–Kier alpha value is -4.31. The van der Waals surface area contributed by atoms with E-state index in [-0.39, 0.29) is 28.3 Å². The second kappa shape index (κ2) is 11.4. The third-order valence-electron chi connectivity index (χ3n) is 12.5. The summed E-state index contributed by atoms with van der Waals surface area (Å²) < 4.78 is 5.34. The van der Waals surface area contributed by atoms with Crippen LogP contribution in [0.3, 0.4) is 0 Å². The molecule has 0 N–H and O–H groups in total. The number of nitrogens with zero attached hydrogens (tertiary/aromatic N) is 4. The average molecular weight is 705 g/mol. The van der Waals surface area contributed by atoms with E-state index in [4.69, 9.17) is 4.98 Å². The van der Waals surface area contributed by atoms with Gasteiger partial charge in [0.15, 0.2) is 23.6 Å². The number of aromatic nitrogens is 2. The van der Waals surface area contributed by atoms with E-state index in [1.807, 2.05) is 0 Å². The maximum atomic E-state index is 5.79. The van der Waals surface area contributed by atoms with Crippen molar-refractivity contribution in [2.45, 2.75) is 138 Å². The van der Waals surface area contributed by atoms with Crippen molar-refractivity contribution in [2.24, 2.45) is 5.92 Å². The van der Waals surface area contributed by atoms with Crippen LogP contribution in [0.5, 0.6) is 0 Å². The summed E-state index contributed by atoms with van der Waals surface area (Å²) in [4.78, 5) is 8.46. The van der Waals surface area contributed by atoms with Gasteiger partial charge in [0.25, 0.3) is 0 Å². The molecule has 5 aromatic rings. The maximum Gasteiger partial charge on any atom is 0.418 e. The van der Waals surface area contributed by atoms with Crippen LogP contribution in [0.4, 0.5) is 0 Å². The van der Waals surface area contributed by atoms with E-state index in [2.05, 4.69) is 191 Å². The molecule has 4 nitrogen and oxygen atoms in total. The summed E-state index contributed by atoms with van der Waals surface area (Å²) in [6.45, 7) is 35.4. The van der Waals surface area contributed by atoms with Crippen LogP contribution in [0.15, 0.2) is 72.4 Å². The third kappa shape index (κ3) is 4.69. The van der Waals surface area contributed by atoms with Gasteiger partial charge in [-0.15, -0.1) is 4.57 Å². The fraction of sp³-hybridized carbons (Fsp3) is 0.449. The Morgan fingerprint density at radius 3 is 1.68 bits per heavy atom. The Morgan fingerprint density at radius 1 is 0.679 bits per heavy atom. The van der Waals surface area contributed by atoms with Gasteiger partial charge in [0.1, 0.15) is 5.56 Å². The second-order valence-corrected chi connectivity index (χ2v) is 19.5. The number of hydrogen-bond donors (Lipinski definition) is 0. The minimum Gasteiger partial charge on any atom is -0.273 e. The molecule has 0 saturated heterocycles. The third-order valence-corrected chi connectivity index (χ3v) is 12.5. The van der Waals surface area contributed by atoms with E-state index in [9.17, 15) is 0 Å². The molecule has 4 aromatic carbocycles. The zero-order valence-corrected chi connectivity index (χ0v) is 34.9. The predicted octanol–water partition coefficient (Wildman–Crippen LogP) is 11.3. The monoisotopic (exact) mass is 704 g/mol. The lowest BCUT2D eigenvalue weighted by Gasteiger charge is -2.42. The summed E-state index contributed by atoms with van der Waals surface area (Å²) in [6, 6.07) is 23.8. The SMILES string of the molecule is Cc1nc2c(c3[n+]1C1(c4c-3cc(C(C)(C)C)c3ccccc43)N(C(C)C)C=C(C(C)C)C=[N+]1C(C)C)C(C)(C)c1c-2cc(C(C)(C)C)c2ccccc12. The number of allylic oxidation sites excluding steroid dienone is 1. The van der Waals surface area contributed by atoms with Crippen LogP contribution in [0, 0.1) is 12.8 Å². The van der Waals surface area contributed by atoms with E-state index in [0.29, 0.717) is 5.92 Å². The second-order valence-electron chi connectivity index (χ2n) is 19.5. The van der Waals surface area contributed by atoms with Crippen molar-refractivity contribution in [1.82, 2.24) is 9.88 Å². The van der Waals surface area contributed by atoms with Crippen molar-refractivity contribution in [1.29, 1.82) is 0 Å². The molecule has 1 aliphatic carbocycles. The van der Waals surface area contributed by atoms with Crippen molar-refractivity contribution in [3.05, 3.63) is 106 Å². The molecule has 4 heteroatoms. The summed E-state index contributed by atoms with van der Waals surface area (Å²) in [5.41, 5.74) is 12.9. The zero-order chi connectivity index (χ0) is 38.3. The highest BCUT2D eigenvalue weighted by atomic mass is 15.5. The van der Waals surface area contributed by atoms with Gasteiger partial charge in [0.2, 0.25) is 0 Å². The summed E-state index contributed by atoms with van der Waals surface area (Å²) in [7, 11) is 0. The highest BCUT2D eigenvalue weighted by molar-refractivity contribution is 6.02. The number of benzene rings is 4. The summed E-state index contributed by atoms with van der Waals surface area (Å²) in [5.74, 6) is 0.756. The molecule has 3 aliphatic rings. The lowest BCUT2D eigenvalue weighted by atomic mass is 9.75. The van der Waals surface area contributed by atoms with Crippen LogP contribution in [0.25, 0.3) is 44.1 Å². The highest BCUT2D eigenvalue weighted by Crippen LogP contribution is 2.58. The molecule has 274 valence electrons. The molecule has 0 amide bonds. The van der Waals surface area contributed by atoms with Crippen LogP contribution >= 0.6 is 0 Å². The van der Waals surface area contributed by atoms with Gasteiger partial charge in [0, 0.05) is 41.3 Å². The molecule has 53 heavy (non-hydrogen) atoms. The molecule has 8 rings (SSSR count). The van der Waals surface area contributed by atoms with E-state index in [1.54, 1.807) is 0 Å². The molecular formula is C49H60N4+2. The Morgan fingerprint density at radius 2 is 1.19 bits per heavy atom. The van der Waals surface area contributed by atoms with Crippen LogP contribution < -0.4 is 4.57 Å². The Balaban J connectivity index is 1.63. The highest BCUT2D eigenvalue weighted by Gasteiger charge is 2.67. The quantitative estimate of drug-likeness (QED) is 0.175. The van der Waals surface area contributed by atoms with Crippen molar-refractivity contribution in [3.63, 3.8) is 0 Å². The first-order valence-electron chi connectivity index (χ1n) is 20.0. The molecule has 1 unspecified atom stereocenters. The van der Waals surface area contributed by atoms with Crippen LogP contribution in [-0.2, 0) is 22.0 Å². The normalized spacial score (nSPS) is 19.0. The number of hydrogen-bond acceptors (Lipinski definition) is 2. The molecule has 0 fully saturated rings. The van der Waals surface area contributed by atoms with Gasteiger partial charge in [-0.2, -0.15) is 4.58 Å². The number of aryl methyl sites for hydroxylation is 1. The fourth-order valence-corrected chi connectivity index (χ4v) is 10.2. The van der Waals surface area contributed by atoms with Gasteiger partial charge in [0.05, 0.1) is 5.56 Å². The molecule has 3 heterocycles. The van der Waals surface area contributed by atoms with Gasteiger partial charge in [-0.05, 0) is 99.8 Å². The Labute approximate surface area is 318 Å². The molecule has 0 saturated carbocycles. The lowest BCUT2D eigenvalue weighted by molar-refractivity contribution is -0.945. The topological polar surface area (TPSA) is 23.0 Å². The molecule has 0 radical (unpaired) electrons. The molecule has 1 spiro atoms. The zero-order valence-electron chi connectivity index (χ0n) is 34.9. The van der Waals surface area contributed by atoms with Gasteiger partial charge in [-0.1, -0.05) is 118 Å². The molecule has 1 aromatic heterocycles. The van der Waals surface area contributed by atoms with E-state index >= 15 is 0 Å². The maximum absolute atomic E-state index is 5.79. The first-order valence-corrected chi connectivity index (χ1v) is 20.0. The summed E-state index contributed by atoms with van der Waals surface area (Å²) in [6.07, 6.45) is 4.95. The van der Waals surface area contributed by atoms with Crippen LogP contribution in [0.2, 0.25) is 0 Å². The van der Waals surface area contributed by atoms with E-state index in [0.717, 1.165) is 11.5 Å². The summed E-state index contributed by atoms with van der Waals surface area (Å²) in [5, 5.41) is 5.36. The van der Waals surface area contributed by atoms with Gasteiger partial charge in [-0.3, -0.25) is 4.90 Å². The predicted molar refractivity (Wildman–Crippen MR) is 223 cm³/mol. The Bertz CT molecular complexity index is 2440. The molecule has 0 bridgehead atoms. The van der Waals surface area contributed by atoms with Crippen molar-refractivity contribution >= 4 is 27.8 Å². The minimum atomic E-state index is -0.670. The number of fused-ring (bicyclic) bond motifs is 13. The van der Waals surface area contributed by atoms with Gasteiger partial charge >= 0.3 is 11.6 Å². The smallest absolute Gasteiger partial charge is 0.273 e. The molecule has 1 atom stereocenters. The van der Waals surface area contributed by atoms with Crippen molar-refractivity contribution < 1.29 is 9.14 Å². The lowest BCUT2D eigenvalue weighted by Crippen LogP contribution is -2.74. The van der Waals surface area contributed by atoms with Gasteiger partial charge in [-0.25, -0.2) is 0 Å². The Kier molecular flexibility index (Phi) is 7.65. The van der Waals surface area contributed by atoms with E-state index < -0.39 is 5.79 Å². The van der Waals surface area contributed by atoms with Gasteiger partial charge < -0.3 is 0 Å². The van der Waals surface area contributed by atoms with Crippen molar-refractivity contribution in [2.75, 3.05) is 0 Å². The minimum absolute atomic E-state index is 0.0207. The largest absolute Gasteiger partial charge is 0.418 e. The van der Waals surface area contributed by atoms with Crippen LogP contribution in [-0.4, -0.2) is 32.8 Å². The summed E-state index contributed by atoms with van der Waals surface area (Å²) >= 11 is 0. The fourth-order valence-electron chi connectivity index (χ4n) is 10.2. The molecule has 2 aliphatic heterocycles. The standard InChI is InChI=1S/C49H60N4/c1-28(2)32-26-51(29(3)4)49(52(27-32)30(5)6)42-36-23-19-17-21-34(36)40(47(11,12)13)25-38(42)45-43-44(50-31(7)53(45)49)37-24-39(46(8,9)10)33-20-16-18-22-35(33)41(37)48(43,14)15/h16-30H,1-15H3/q+2. The average Bonchev–Trinajstić information content (AvgIpc) is 3.49. The first kappa shape index (κ1) is 35.7. The van der Waals surface area contributed by atoms with Crippen molar-refractivity contribution in [3.8, 4) is 22.5 Å². The van der Waals surface area contributed by atoms with E-state index in [1.165, 1.54) is 71.8 Å². The molecular weight excluding hydrogens is 645 g/mol.